The summed E-state index contributed by atoms with van der Waals surface area (Å²) < 4.78 is 1.45. The van der Waals surface area contributed by atoms with E-state index in [-0.39, 0.29) is 16.9 Å². The second kappa shape index (κ2) is 6.95. The van der Waals surface area contributed by atoms with Crippen LogP contribution in [0, 0.1) is 20.8 Å². The van der Waals surface area contributed by atoms with Crippen LogP contribution in [-0.2, 0) is 0 Å². The van der Waals surface area contributed by atoms with Gasteiger partial charge in [0.2, 0.25) is 0 Å². The van der Waals surface area contributed by atoms with E-state index in [9.17, 15) is 14.7 Å². The first kappa shape index (κ1) is 18.2. The molecule has 1 aromatic heterocycles. The first-order valence-corrected chi connectivity index (χ1v) is 8.27. The maximum absolute atomic E-state index is 12.7. The van der Waals surface area contributed by atoms with Gasteiger partial charge in [-0.25, -0.2) is 9.48 Å². The minimum atomic E-state index is -1.22. The number of nitrogens with one attached hydrogen (secondary N) is 1. The van der Waals surface area contributed by atoms with Crippen LogP contribution in [-0.4, -0.2) is 32.2 Å². The number of aryl methyl sites for hydroxylation is 3. The van der Waals surface area contributed by atoms with E-state index in [1.54, 1.807) is 6.92 Å². The predicted molar refractivity (Wildman–Crippen MR) is 103 cm³/mol. The molecule has 0 unspecified atom stereocenters. The van der Waals surface area contributed by atoms with Gasteiger partial charge in [0.25, 0.3) is 5.56 Å². The predicted octanol–water partition coefficient (Wildman–Crippen LogP) is 3.25. The van der Waals surface area contributed by atoms with Crippen molar-refractivity contribution in [2.45, 2.75) is 20.8 Å². The van der Waals surface area contributed by atoms with E-state index in [0.29, 0.717) is 16.9 Å². The van der Waals surface area contributed by atoms with Crippen LogP contribution >= 0.6 is 0 Å². The number of aliphatic imine (C=N–C) groups is 1. The highest BCUT2D eigenvalue weighted by Gasteiger charge is 2.12. The number of nitrogens with zero attached hydrogens (tertiary/aromatic N) is 2. The van der Waals surface area contributed by atoms with E-state index in [0.717, 1.165) is 16.8 Å². The van der Waals surface area contributed by atoms with Gasteiger partial charge < -0.3 is 10.2 Å². The average Bonchev–Trinajstić information content (AvgIpc) is 2.89. The first-order valence-electron chi connectivity index (χ1n) is 8.27. The third-order valence-electron chi connectivity index (χ3n) is 4.42. The molecule has 3 N–H and O–H groups in total. The van der Waals surface area contributed by atoms with Crippen molar-refractivity contribution in [2.24, 2.45) is 4.99 Å². The SMILES string of the molecule is Cc1ccc(-n2[nH]c(C)c(C=Nc3ccc(C(=O)O)c(O)c3)c2=O)cc1C. The lowest BCUT2D eigenvalue weighted by Crippen LogP contribution is -2.17. The van der Waals surface area contributed by atoms with Crippen molar-refractivity contribution >= 4 is 17.9 Å². The van der Waals surface area contributed by atoms with E-state index >= 15 is 0 Å². The van der Waals surface area contributed by atoms with Crippen LogP contribution < -0.4 is 5.56 Å². The fraction of sp³-hybridized carbons (Fsp3) is 0.150. The van der Waals surface area contributed by atoms with Crippen LogP contribution in [0.5, 0.6) is 5.75 Å². The summed E-state index contributed by atoms with van der Waals surface area (Å²) in [7, 11) is 0. The highest BCUT2D eigenvalue weighted by atomic mass is 16.4. The van der Waals surface area contributed by atoms with Crippen molar-refractivity contribution in [3.8, 4) is 11.4 Å². The molecule has 0 fully saturated rings. The molecule has 0 aliphatic heterocycles. The molecule has 3 aromatic rings. The average molecular weight is 365 g/mol. The number of hydrogen-bond acceptors (Lipinski definition) is 4. The van der Waals surface area contributed by atoms with E-state index < -0.39 is 5.97 Å². The van der Waals surface area contributed by atoms with Gasteiger partial charge >= 0.3 is 5.97 Å². The third-order valence-corrected chi connectivity index (χ3v) is 4.42. The van der Waals surface area contributed by atoms with Crippen LogP contribution in [0.2, 0.25) is 0 Å². The minimum Gasteiger partial charge on any atom is -0.507 e. The summed E-state index contributed by atoms with van der Waals surface area (Å²) in [5.41, 5.74) is 3.88. The zero-order valence-corrected chi connectivity index (χ0v) is 15.1. The molecular weight excluding hydrogens is 346 g/mol. The van der Waals surface area contributed by atoms with Crippen LogP contribution in [0.4, 0.5) is 5.69 Å². The lowest BCUT2D eigenvalue weighted by atomic mass is 10.1. The molecule has 138 valence electrons. The smallest absolute Gasteiger partial charge is 0.339 e. The lowest BCUT2D eigenvalue weighted by molar-refractivity contribution is 0.0694. The highest BCUT2D eigenvalue weighted by molar-refractivity contribution is 5.91. The summed E-state index contributed by atoms with van der Waals surface area (Å²) in [5.74, 6) is -1.60. The molecule has 0 spiro atoms. The van der Waals surface area contributed by atoms with Crippen LogP contribution in [0.3, 0.4) is 0 Å². The number of phenols is 1. The molecule has 0 aliphatic carbocycles. The van der Waals surface area contributed by atoms with Crippen molar-refractivity contribution < 1.29 is 15.0 Å². The Labute approximate surface area is 155 Å². The maximum Gasteiger partial charge on any atom is 0.339 e. The topological polar surface area (TPSA) is 108 Å². The lowest BCUT2D eigenvalue weighted by Gasteiger charge is -2.05. The molecular formula is C20H19N3O4. The Hall–Kier alpha value is -3.61. The molecule has 0 saturated heterocycles. The molecule has 3 rings (SSSR count). The largest absolute Gasteiger partial charge is 0.507 e. The van der Waals surface area contributed by atoms with Gasteiger partial charge in [0.05, 0.1) is 16.9 Å². The monoisotopic (exact) mass is 365 g/mol. The van der Waals surface area contributed by atoms with Gasteiger partial charge in [-0.1, -0.05) is 6.07 Å². The minimum absolute atomic E-state index is 0.205. The number of hydrogen-bond donors (Lipinski definition) is 3. The first-order chi connectivity index (χ1) is 12.8. The Bertz CT molecular complexity index is 1120. The summed E-state index contributed by atoms with van der Waals surface area (Å²) in [6.07, 6.45) is 1.40. The van der Waals surface area contributed by atoms with Crippen molar-refractivity contribution in [1.82, 2.24) is 9.78 Å². The van der Waals surface area contributed by atoms with Gasteiger partial charge in [0, 0.05) is 18.0 Å². The Balaban J connectivity index is 1.96. The van der Waals surface area contributed by atoms with Gasteiger partial charge in [-0.15, -0.1) is 0 Å². The molecule has 0 amide bonds. The standard InChI is InChI=1S/C20H19N3O4/c1-11-4-6-15(8-12(11)2)23-19(25)17(13(3)22-23)10-21-14-5-7-16(20(26)27)18(24)9-14/h4-10,22,24H,1-3H3,(H,26,27). The fourth-order valence-electron chi connectivity index (χ4n) is 2.68. The Morgan fingerprint density at radius 1 is 1.11 bits per heavy atom. The van der Waals surface area contributed by atoms with Crippen LogP contribution in [0.15, 0.2) is 46.2 Å². The van der Waals surface area contributed by atoms with Crippen molar-refractivity contribution in [3.63, 3.8) is 0 Å². The molecule has 0 atom stereocenters. The molecule has 0 radical (unpaired) electrons. The van der Waals surface area contributed by atoms with Crippen LogP contribution in [0.25, 0.3) is 5.69 Å². The number of benzene rings is 2. The summed E-state index contributed by atoms with van der Waals surface area (Å²) >= 11 is 0. The number of carbonyl (C=O) groups is 1. The molecule has 0 saturated carbocycles. The summed E-state index contributed by atoms with van der Waals surface area (Å²) in [6, 6.07) is 9.71. The molecule has 1 heterocycles. The van der Waals surface area contributed by atoms with E-state index in [2.05, 4.69) is 10.1 Å². The number of aromatic amines is 1. The second-order valence-electron chi connectivity index (χ2n) is 6.32. The summed E-state index contributed by atoms with van der Waals surface area (Å²) in [4.78, 5) is 27.9. The molecule has 27 heavy (non-hydrogen) atoms. The number of aromatic nitrogens is 2. The maximum atomic E-state index is 12.7. The molecule has 0 aliphatic rings. The summed E-state index contributed by atoms with van der Waals surface area (Å²) in [5, 5.41) is 21.7. The fourth-order valence-corrected chi connectivity index (χ4v) is 2.68. The number of aromatic carboxylic acids is 1. The van der Waals surface area contributed by atoms with Crippen molar-refractivity contribution in [1.29, 1.82) is 0 Å². The van der Waals surface area contributed by atoms with Crippen molar-refractivity contribution in [2.75, 3.05) is 0 Å². The van der Waals surface area contributed by atoms with Gasteiger partial charge in [-0.2, -0.15) is 0 Å². The molecule has 2 aromatic carbocycles. The molecule has 7 heteroatoms. The third kappa shape index (κ3) is 3.52. The molecule has 7 nitrogen and oxygen atoms in total. The number of H-pyrrole nitrogens is 1. The number of rotatable bonds is 4. The molecule has 0 bridgehead atoms. The van der Waals surface area contributed by atoms with Gasteiger partial charge in [-0.05, 0) is 56.2 Å². The van der Waals surface area contributed by atoms with Gasteiger partial charge in [-0.3, -0.25) is 14.9 Å². The Morgan fingerprint density at radius 2 is 1.85 bits per heavy atom. The number of carboxylic acid groups (broad SMARTS) is 1. The van der Waals surface area contributed by atoms with Gasteiger partial charge in [0.1, 0.15) is 11.3 Å². The van der Waals surface area contributed by atoms with Gasteiger partial charge in [0.15, 0.2) is 0 Å². The zero-order chi connectivity index (χ0) is 19.7. The highest BCUT2D eigenvalue weighted by Crippen LogP contribution is 2.24. The second-order valence-corrected chi connectivity index (χ2v) is 6.32. The Kier molecular flexibility index (Phi) is 4.68. The van der Waals surface area contributed by atoms with E-state index in [1.165, 1.54) is 29.1 Å². The van der Waals surface area contributed by atoms with Crippen molar-refractivity contribution in [3.05, 3.63) is 74.7 Å². The zero-order valence-electron chi connectivity index (χ0n) is 15.1. The van der Waals surface area contributed by atoms with E-state index in [1.807, 2.05) is 32.0 Å². The van der Waals surface area contributed by atoms with Crippen LogP contribution in [0.1, 0.15) is 32.7 Å². The summed E-state index contributed by atoms with van der Waals surface area (Å²) in [6.45, 7) is 5.76. The quantitative estimate of drug-likeness (QED) is 0.617. The Morgan fingerprint density at radius 3 is 2.48 bits per heavy atom. The normalized spacial score (nSPS) is 11.2. The number of carboxylic acids is 1. The number of aromatic hydroxyl groups is 1. The van der Waals surface area contributed by atoms with E-state index in [4.69, 9.17) is 5.11 Å².